The summed E-state index contributed by atoms with van der Waals surface area (Å²) in [6, 6.07) is -0.536. The van der Waals surface area contributed by atoms with Gasteiger partial charge in [-0.05, 0) is 70.6 Å². The van der Waals surface area contributed by atoms with E-state index < -0.39 is 12.1 Å². The van der Waals surface area contributed by atoms with E-state index in [4.69, 9.17) is 4.74 Å². The highest BCUT2D eigenvalue weighted by Crippen LogP contribution is 2.19. The van der Waals surface area contributed by atoms with Gasteiger partial charge in [0.05, 0.1) is 25.4 Å². The first-order chi connectivity index (χ1) is 38.5. The molecule has 1 amide bonds. The highest BCUT2D eigenvalue weighted by atomic mass is 16.5. The molecule has 0 spiro atoms. The van der Waals surface area contributed by atoms with Gasteiger partial charge < -0.3 is 20.3 Å². The molecule has 0 aromatic rings. The van der Waals surface area contributed by atoms with Crippen molar-refractivity contribution in [1.29, 1.82) is 0 Å². The van der Waals surface area contributed by atoms with E-state index in [2.05, 4.69) is 43.5 Å². The third kappa shape index (κ3) is 63.5. The quantitative estimate of drug-likeness (QED) is 0.0320. The second-order valence-electron chi connectivity index (χ2n) is 24.6. The molecule has 0 radical (unpaired) electrons. The molecule has 0 aliphatic heterocycles. The fourth-order valence-corrected chi connectivity index (χ4v) is 11.3. The normalized spacial score (nSPS) is 12.6. The molecule has 3 N–H and O–H groups in total. The topological polar surface area (TPSA) is 95.9 Å². The van der Waals surface area contributed by atoms with Crippen molar-refractivity contribution in [3.05, 3.63) is 24.3 Å². The Labute approximate surface area is 488 Å². The van der Waals surface area contributed by atoms with Crippen LogP contribution in [0.25, 0.3) is 0 Å². The Balaban J connectivity index is 3.30. The molecule has 6 heteroatoms. The molecule has 0 fully saturated rings. The summed E-state index contributed by atoms with van der Waals surface area (Å²) in [6.45, 7) is 4.93. The van der Waals surface area contributed by atoms with Crippen LogP contribution in [-0.2, 0) is 14.3 Å². The number of carbonyl (C=O) groups excluding carboxylic acids is 2. The zero-order valence-electron chi connectivity index (χ0n) is 52.9. The van der Waals surface area contributed by atoms with E-state index in [9.17, 15) is 19.8 Å². The summed E-state index contributed by atoms with van der Waals surface area (Å²) in [7, 11) is 0. The van der Waals surface area contributed by atoms with Crippen LogP contribution in [0, 0.1) is 0 Å². The van der Waals surface area contributed by atoms with Crippen molar-refractivity contribution < 1.29 is 24.5 Å². The number of aliphatic hydroxyl groups excluding tert-OH is 2. The minimum absolute atomic E-state index is 0.0116. The number of ether oxygens (including phenoxy) is 1. The van der Waals surface area contributed by atoms with Gasteiger partial charge in [-0.15, -0.1) is 0 Å². The zero-order chi connectivity index (χ0) is 56.4. The SMILES string of the molecule is CCCC/C=C\CCCCCCCC(=O)OCCCCCCCCCCCCCCCCCCCC/C=C\CCCCCCCCCCCCCCCCCCCC(=O)NC(CO)C(O)CCCCCCCCCCCCC. The maximum Gasteiger partial charge on any atom is 0.305 e. The minimum Gasteiger partial charge on any atom is -0.466 e. The Morgan fingerprint density at radius 3 is 0.949 bits per heavy atom. The predicted molar refractivity (Wildman–Crippen MR) is 343 cm³/mol. The van der Waals surface area contributed by atoms with Crippen molar-refractivity contribution in [2.75, 3.05) is 13.2 Å². The number of nitrogens with one attached hydrogen (secondary N) is 1. The van der Waals surface area contributed by atoms with Crippen LogP contribution in [0.15, 0.2) is 24.3 Å². The third-order valence-corrected chi connectivity index (χ3v) is 16.7. The van der Waals surface area contributed by atoms with E-state index in [0.29, 0.717) is 25.9 Å². The number of esters is 1. The number of aliphatic hydroxyl groups is 2. The van der Waals surface area contributed by atoms with Gasteiger partial charge in [0, 0.05) is 12.8 Å². The highest BCUT2D eigenvalue weighted by Gasteiger charge is 2.20. The molecular weight excluding hydrogens is 959 g/mol. The molecule has 0 rings (SSSR count). The Bertz CT molecular complexity index is 1220. The highest BCUT2D eigenvalue weighted by molar-refractivity contribution is 5.76. The van der Waals surface area contributed by atoms with Crippen LogP contribution in [0.4, 0.5) is 0 Å². The molecule has 2 atom stereocenters. The molecule has 0 aliphatic carbocycles. The summed E-state index contributed by atoms with van der Waals surface area (Å²) in [4.78, 5) is 24.5. The number of carbonyl (C=O) groups is 2. The van der Waals surface area contributed by atoms with E-state index in [1.807, 2.05) is 0 Å². The molecule has 462 valence electrons. The van der Waals surface area contributed by atoms with Crippen LogP contribution in [0.1, 0.15) is 399 Å². The van der Waals surface area contributed by atoms with Crippen LogP contribution < -0.4 is 5.32 Å². The Morgan fingerprint density at radius 1 is 0.346 bits per heavy atom. The fraction of sp³-hybridized carbons (Fsp3) is 0.917. The summed E-state index contributed by atoms with van der Waals surface area (Å²) in [5.74, 6) is -0.0180. The van der Waals surface area contributed by atoms with Crippen LogP contribution >= 0.6 is 0 Å². The molecule has 0 bridgehead atoms. The van der Waals surface area contributed by atoms with E-state index >= 15 is 0 Å². The lowest BCUT2D eigenvalue weighted by atomic mass is 10.0. The van der Waals surface area contributed by atoms with Gasteiger partial charge in [0.1, 0.15) is 0 Å². The number of rotatable bonds is 67. The predicted octanol–water partition coefficient (Wildman–Crippen LogP) is 22.9. The van der Waals surface area contributed by atoms with Crippen LogP contribution in [-0.4, -0.2) is 47.4 Å². The molecule has 0 aromatic heterocycles. The summed E-state index contributed by atoms with van der Waals surface area (Å²) >= 11 is 0. The fourth-order valence-electron chi connectivity index (χ4n) is 11.3. The molecular formula is C72H139NO5. The zero-order valence-corrected chi connectivity index (χ0v) is 52.9. The standard InChI is InChI=1S/C72H139NO5/c1-3-5-7-9-11-13-44-48-52-56-60-64-70(75)69(68-74)73-71(76)65-61-57-53-49-46-42-40-38-36-34-32-30-28-26-24-22-20-18-16-15-17-19-21-23-25-27-29-31-33-35-37-39-41-43-47-51-55-59-63-67-78-72(77)66-62-58-54-50-45-14-12-10-8-6-4-2/h10,12,15-16,69-70,74-75H,3-9,11,13-14,17-68H2,1-2H3,(H,73,76)/b12-10-,16-15-. The van der Waals surface area contributed by atoms with E-state index in [1.165, 1.54) is 321 Å². The second kappa shape index (κ2) is 67.8. The van der Waals surface area contributed by atoms with E-state index in [-0.39, 0.29) is 18.5 Å². The van der Waals surface area contributed by atoms with Gasteiger partial charge in [-0.1, -0.05) is 340 Å². The van der Waals surface area contributed by atoms with Gasteiger partial charge in [-0.25, -0.2) is 0 Å². The van der Waals surface area contributed by atoms with Crippen LogP contribution in [0.5, 0.6) is 0 Å². The van der Waals surface area contributed by atoms with Gasteiger partial charge >= 0.3 is 5.97 Å². The first kappa shape index (κ1) is 76.3. The van der Waals surface area contributed by atoms with Crippen molar-refractivity contribution >= 4 is 11.9 Å². The van der Waals surface area contributed by atoms with E-state index in [1.54, 1.807) is 0 Å². The number of allylic oxidation sites excluding steroid dienone is 4. The van der Waals surface area contributed by atoms with Crippen molar-refractivity contribution in [2.24, 2.45) is 0 Å². The first-order valence-corrected chi connectivity index (χ1v) is 35.6. The smallest absolute Gasteiger partial charge is 0.305 e. The van der Waals surface area contributed by atoms with Gasteiger partial charge in [0.15, 0.2) is 0 Å². The van der Waals surface area contributed by atoms with Crippen molar-refractivity contribution in [2.45, 2.75) is 411 Å². The number of amides is 1. The van der Waals surface area contributed by atoms with Crippen molar-refractivity contribution in [3.63, 3.8) is 0 Å². The average Bonchev–Trinajstić information content (AvgIpc) is 3.44. The van der Waals surface area contributed by atoms with Crippen molar-refractivity contribution in [3.8, 4) is 0 Å². The Hall–Kier alpha value is -1.66. The lowest BCUT2D eigenvalue weighted by molar-refractivity contribution is -0.143. The summed E-state index contributed by atoms with van der Waals surface area (Å²) < 4.78 is 5.47. The lowest BCUT2D eigenvalue weighted by Crippen LogP contribution is -2.45. The molecule has 78 heavy (non-hydrogen) atoms. The third-order valence-electron chi connectivity index (χ3n) is 16.7. The Morgan fingerprint density at radius 2 is 0.615 bits per heavy atom. The van der Waals surface area contributed by atoms with Crippen LogP contribution in [0.2, 0.25) is 0 Å². The summed E-state index contributed by atoms with van der Waals surface area (Å²) in [5, 5.41) is 23.2. The van der Waals surface area contributed by atoms with Gasteiger partial charge in [-0.2, -0.15) is 0 Å². The molecule has 2 unspecified atom stereocenters. The van der Waals surface area contributed by atoms with Crippen molar-refractivity contribution in [1.82, 2.24) is 5.32 Å². The second-order valence-corrected chi connectivity index (χ2v) is 24.6. The summed E-state index contributed by atoms with van der Waals surface area (Å²) in [5.41, 5.74) is 0. The maximum atomic E-state index is 12.5. The molecule has 0 saturated carbocycles. The summed E-state index contributed by atoms with van der Waals surface area (Å²) in [6.07, 6.45) is 85.5. The minimum atomic E-state index is -0.659. The van der Waals surface area contributed by atoms with Gasteiger partial charge in [0.25, 0.3) is 0 Å². The molecule has 0 aromatic carbocycles. The molecule has 0 aliphatic rings. The number of hydrogen-bond donors (Lipinski definition) is 3. The number of hydrogen-bond acceptors (Lipinski definition) is 5. The average molecular weight is 1100 g/mol. The largest absolute Gasteiger partial charge is 0.466 e. The molecule has 0 heterocycles. The Kier molecular flexibility index (Phi) is 66.4. The molecule has 0 saturated heterocycles. The number of unbranched alkanes of at least 4 members (excludes halogenated alkanes) is 52. The van der Waals surface area contributed by atoms with Gasteiger partial charge in [0.2, 0.25) is 5.91 Å². The molecule has 6 nitrogen and oxygen atoms in total. The monoisotopic (exact) mass is 1100 g/mol. The first-order valence-electron chi connectivity index (χ1n) is 35.6. The maximum absolute atomic E-state index is 12.5. The van der Waals surface area contributed by atoms with Gasteiger partial charge in [-0.3, -0.25) is 9.59 Å². The lowest BCUT2D eigenvalue weighted by Gasteiger charge is -2.22. The van der Waals surface area contributed by atoms with Crippen LogP contribution in [0.3, 0.4) is 0 Å². The van der Waals surface area contributed by atoms with E-state index in [0.717, 1.165) is 44.9 Å².